The molecule has 1 heterocycles. The van der Waals surface area contributed by atoms with Gasteiger partial charge in [-0.3, -0.25) is 0 Å². The van der Waals surface area contributed by atoms with Crippen LogP contribution in [0.5, 0.6) is 5.75 Å². The maximum Gasteiger partial charge on any atom is 0.0107 e. The van der Waals surface area contributed by atoms with E-state index >= 15 is 0 Å². The van der Waals surface area contributed by atoms with Crippen molar-refractivity contribution in [2.45, 2.75) is 112 Å². The van der Waals surface area contributed by atoms with Crippen molar-refractivity contribution < 1.29 is 18.3 Å². The second-order valence-electron chi connectivity index (χ2n) is 11.4. The predicted molar refractivity (Wildman–Crippen MR) is 186 cm³/mol. The molecule has 1 aliphatic rings. The molecule has 0 amide bonds. The van der Waals surface area contributed by atoms with Crippen LogP contribution in [0.4, 0.5) is 5.69 Å². The number of para-hydroxylation sites is 2. The van der Waals surface area contributed by atoms with E-state index in [0.717, 1.165) is 24.2 Å². The minimum atomic E-state index is -1.77. The number of benzene rings is 3. The Morgan fingerprint density at radius 2 is 1.43 bits per heavy atom. The van der Waals surface area contributed by atoms with Gasteiger partial charge in [0.1, 0.15) is 0 Å². The van der Waals surface area contributed by atoms with Crippen molar-refractivity contribution >= 4 is 29.7 Å². The van der Waals surface area contributed by atoms with Crippen molar-refractivity contribution in [2.75, 3.05) is 4.90 Å². The fourth-order valence-corrected chi connectivity index (χ4v) is 6.92. The number of nitrogens with zero attached hydrogens (tertiary/aromatic N) is 1. The van der Waals surface area contributed by atoms with Crippen LogP contribution in [-0.2, 0) is 25.4 Å². The molecular weight excluding hydrogens is 646 g/mol. The van der Waals surface area contributed by atoms with Crippen LogP contribution in [0.25, 0.3) is 0 Å². The van der Waals surface area contributed by atoms with Gasteiger partial charge in [-0.25, -0.2) is 6.54 Å². The monoisotopic (exact) mass is 700 g/mol. The van der Waals surface area contributed by atoms with Crippen molar-refractivity contribution in [3.8, 4) is 5.75 Å². The minimum Gasteiger partial charge on any atom is -0.517 e. The second kappa shape index (κ2) is 19.6. The maximum atomic E-state index is 5.82. The molecule has 4 rings (SSSR count). The Morgan fingerprint density at radius 3 is 2.00 bits per heavy atom. The number of hydrogen-bond donors (Lipinski definition) is 0. The molecule has 1 saturated heterocycles. The number of aryl methyl sites for hydroxylation is 1. The van der Waals surface area contributed by atoms with Gasteiger partial charge >= 0.3 is 97.8 Å². The average Bonchev–Trinajstić information content (AvgIpc) is 3.21. The molecular formula is C37H54Cl2NORu-. The predicted octanol–water partition coefficient (Wildman–Crippen LogP) is 11.7. The van der Waals surface area contributed by atoms with Crippen LogP contribution < -0.4 is 9.64 Å². The van der Waals surface area contributed by atoms with Crippen LogP contribution in [0.2, 0.25) is 0 Å². The Bertz CT molecular complexity index is 1190. The molecule has 0 saturated carbocycles. The summed E-state index contributed by atoms with van der Waals surface area (Å²) in [6.07, 6.45) is 4.86. The van der Waals surface area contributed by atoms with Crippen molar-refractivity contribution in [3.63, 3.8) is 0 Å². The summed E-state index contributed by atoms with van der Waals surface area (Å²) in [7, 11) is 11.6. The normalized spacial score (nSPS) is 17.1. The van der Waals surface area contributed by atoms with Crippen molar-refractivity contribution in [1.29, 1.82) is 0 Å². The topological polar surface area (TPSA) is 12.5 Å². The molecule has 0 aromatic heterocycles. The summed E-state index contributed by atoms with van der Waals surface area (Å²) in [5.41, 5.74) is 5.43. The summed E-state index contributed by atoms with van der Waals surface area (Å²) < 4.78 is 7.51. The van der Waals surface area contributed by atoms with Crippen LogP contribution in [0.3, 0.4) is 0 Å². The molecule has 3 aromatic rings. The number of hydrogen-bond acceptors (Lipinski definition) is 2. The molecule has 1 aliphatic heterocycles. The molecule has 1 fully saturated rings. The number of ether oxygens (including phenoxy) is 1. The van der Waals surface area contributed by atoms with E-state index in [1.807, 2.05) is 56.6 Å². The first-order valence-corrected chi connectivity index (χ1v) is 20.8. The Labute approximate surface area is 271 Å². The third-order valence-corrected chi connectivity index (χ3v) is 8.37. The van der Waals surface area contributed by atoms with Gasteiger partial charge in [0.05, 0.1) is 0 Å². The number of halogens is 2. The Kier molecular flexibility index (Phi) is 17.9. The van der Waals surface area contributed by atoms with Gasteiger partial charge in [-0.15, -0.1) is 5.41 Å². The van der Waals surface area contributed by atoms with Crippen LogP contribution in [0.1, 0.15) is 105 Å². The van der Waals surface area contributed by atoms with Crippen molar-refractivity contribution in [1.82, 2.24) is 0 Å². The van der Waals surface area contributed by atoms with Gasteiger partial charge in [0, 0.05) is 11.2 Å². The van der Waals surface area contributed by atoms with Crippen LogP contribution in [-0.4, -0.2) is 16.3 Å². The van der Waals surface area contributed by atoms with Gasteiger partial charge in [-0.2, -0.15) is 0 Å². The van der Waals surface area contributed by atoms with E-state index in [1.54, 1.807) is 0 Å². The molecule has 2 nitrogen and oxygen atoms in total. The van der Waals surface area contributed by atoms with Gasteiger partial charge in [-0.05, 0) is 38.3 Å². The summed E-state index contributed by atoms with van der Waals surface area (Å²) in [4.78, 5) is 2.52. The van der Waals surface area contributed by atoms with E-state index in [9.17, 15) is 0 Å². The largest absolute Gasteiger partial charge is 0.517 e. The average molecular weight is 701 g/mol. The smallest absolute Gasteiger partial charge is 0.0107 e. The Morgan fingerprint density at radius 1 is 0.881 bits per heavy atom. The van der Waals surface area contributed by atoms with E-state index < -0.39 is 13.5 Å². The summed E-state index contributed by atoms with van der Waals surface area (Å²) in [6, 6.07) is 27.6. The van der Waals surface area contributed by atoms with Gasteiger partial charge in [0.15, 0.2) is 0 Å². The Balaban J connectivity index is 0.000000397. The van der Waals surface area contributed by atoms with Crippen LogP contribution in [0.15, 0.2) is 78.9 Å². The molecule has 1 atom stereocenters. The first kappa shape index (κ1) is 38.4. The summed E-state index contributed by atoms with van der Waals surface area (Å²) in [6.45, 7) is 24.0. The van der Waals surface area contributed by atoms with Crippen LogP contribution in [0, 0.1) is 6.54 Å². The zero-order valence-electron chi connectivity index (χ0n) is 27.5. The minimum absolute atomic E-state index is 0.0874. The zero-order chi connectivity index (χ0) is 31.8. The first-order valence-electron chi connectivity index (χ1n) is 15.3. The van der Waals surface area contributed by atoms with Gasteiger partial charge in [0.25, 0.3) is 0 Å². The summed E-state index contributed by atoms with van der Waals surface area (Å²) >= 11 is -1.77. The van der Waals surface area contributed by atoms with E-state index in [2.05, 4.69) is 108 Å². The molecule has 0 spiro atoms. The molecule has 0 radical (unpaired) electrons. The molecule has 42 heavy (non-hydrogen) atoms. The summed E-state index contributed by atoms with van der Waals surface area (Å²) in [5.74, 6) is 0.850. The first-order chi connectivity index (χ1) is 20.0. The zero-order valence-corrected chi connectivity index (χ0v) is 30.8. The molecule has 0 N–H and O–H groups in total. The molecule has 5 heteroatoms. The number of rotatable bonds is 7. The third-order valence-electron chi connectivity index (χ3n) is 6.54. The molecule has 0 aliphatic carbocycles. The fourth-order valence-electron chi connectivity index (χ4n) is 5.12. The van der Waals surface area contributed by atoms with E-state index in [-0.39, 0.29) is 17.1 Å². The van der Waals surface area contributed by atoms with E-state index in [0.29, 0.717) is 0 Å². The standard InChI is InChI=1S/C22H28N.C10H12O.C3H8.C2H6.2ClH.Ru/c1-5-11-18-12-9-10-15-20(18)23-17-22(4,16-21(23,2)3)19-13-7-6-8-14-19;1-8(2)11-10-7-5-4-6-9(10)3;1-3-2;1-2;;;/h6-10,12-15,17H,5,11,16H2,1-4H3;3-8H,1-2H3;3H2,1-2H3;1-2H3;2*1H;/q-1;;;;;;+2/p-2. The summed E-state index contributed by atoms with van der Waals surface area (Å²) in [5, 5.41) is 0. The Hall–Kier alpha value is -1.67. The van der Waals surface area contributed by atoms with E-state index in [4.69, 9.17) is 24.1 Å². The maximum absolute atomic E-state index is 5.82. The molecule has 3 aromatic carbocycles. The van der Waals surface area contributed by atoms with Gasteiger partial charge in [-0.1, -0.05) is 108 Å². The molecule has 236 valence electrons. The SMILES string of the molecule is CC.CC(C)Oc1ccccc1[CH]=[Ru]([Cl])[Cl].CCC.CCCc1ccccc1N1[CH-]C(C)(c2ccccc2)CC1(C)C. The van der Waals surface area contributed by atoms with Gasteiger partial charge in [0.2, 0.25) is 0 Å². The quantitative estimate of drug-likeness (QED) is 0.180. The second-order valence-corrected chi connectivity index (χ2v) is 17.1. The molecule has 1 unspecified atom stereocenters. The number of anilines is 1. The van der Waals surface area contributed by atoms with Crippen LogP contribution >= 0.6 is 19.4 Å². The fraction of sp³-hybridized carbons (Fsp3) is 0.459. The third kappa shape index (κ3) is 12.1. The van der Waals surface area contributed by atoms with Crippen molar-refractivity contribution in [3.05, 3.63) is 102 Å². The van der Waals surface area contributed by atoms with E-state index in [1.165, 1.54) is 29.7 Å². The molecule has 0 bridgehead atoms. The van der Waals surface area contributed by atoms with Gasteiger partial charge < -0.3 is 4.90 Å². The van der Waals surface area contributed by atoms with Crippen molar-refractivity contribution in [2.24, 2.45) is 0 Å².